The van der Waals surface area contributed by atoms with Gasteiger partial charge in [-0.25, -0.2) is 14.8 Å². The third kappa shape index (κ3) is 4.95. The molecule has 2 aromatic carbocycles. The fraction of sp³-hybridized carbons (Fsp3) is 0.318. The Hall–Kier alpha value is -2.86. The Bertz CT molecular complexity index is 904. The Morgan fingerprint density at radius 2 is 1.48 bits per heavy atom. The number of hydrazine groups is 1. The average Bonchev–Trinajstić information content (AvgIpc) is 2.70. The number of hydrogen-bond donors (Lipinski definition) is 1. The molecule has 6 nitrogen and oxygen atoms in total. The van der Waals surface area contributed by atoms with Crippen molar-refractivity contribution in [3.05, 3.63) is 70.8 Å². The van der Waals surface area contributed by atoms with E-state index in [1.54, 1.807) is 64.1 Å². The fourth-order valence-electron chi connectivity index (χ4n) is 3.01. The minimum absolute atomic E-state index is 0.0265. The number of benzene rings is 2. The van der Waals surface area contributed by atoms with Crippen LogP contribution in [0.5, 0.6) is 0 Å². The van der Waals surface area contributed by atoms with Crippen molar-refractivity contribution < 1.29 is 19.5 Å². The van der Waals surface area contributed by atoms with Crippen LogP contribution in [0.1, 0.15) is 64.3 Å². The van der Waals surface area contributed by atoms with Gasteiger partial charge < -0.3 is 5.11 Å². The van der Waals surface area contributed by atoms with Crippen LogP contribution in [0.2, 0.25) is 0 Å². The lowest BCUT2D eigenvalue weighted by Crippen LogP contribution is -2.58. The molecule has 0 saturated carbocycles. The summed E-state index contributed by atoms with van der Waals surface area (Å²) in [6, 6.07) is 12.8. The van der Waals surface area contributed by atoms with E-state index in [0.717, 1.165) is 5.56 Å². The van der Waals surface area contributed by atoms with Crippen LogP contribution >= 0.6 is 11.6 Å². The van der Waals surface area contributed by atoms with Gasteiger partial charge in [0.15, 0.2) is 0 Å². The number of alkyl halides is 1. The van der Waals surface area contributed by atoms with Crippen LogP contribution in [-0.2, 0) is 5.88 Å². The van der Waals surface area contributed by atoms with E-state index in [-0.39, 0.29) is 23.6 Å². The lowest BCUT2D eigenvalue weighted by atomic mass is 10.0. The summed E-state index contributed by atoms with van der Waals surface area (Å²) in [5.41, 5.74) is 0.435. The van der Waals surface area contributed by atoms with Crippen molar-refractivity contribution in [3.8, 4) is 0 Å². The molecule has 0 aliphatic rings. The van der Waals surface area contributed by atoms with Gasteiger partial charge in [0.05, 0.1) is 16.7 Å². The molecule has 0 unspecified atom stereocenters. The summed E-state index contributed by atoms with van der Waals surface area (Å²) in [6.45, 7) is 7.37. The zero-order valence-electron chi connectivity index (χ0n) is 17.0. The topological polar surface area (TPSA) is 77.9 Å². The normalized spacial score (nSPS) is 11.1. The molecule has 1 N–H and O–H groups in total. The Labute approximate surface area is 175 Å². The number of amides is 2. The first-order valence-electron chi connectivity index (χ1n) is 9.25. The zero-order valence-corrected chi connectivity index (χ0v) is 17.7. The molecule has 0 aliphatic heterocycles. The first kappa shape index (κ1) is 22.4. The molecular formula is C22H25ClN2O4. The van der Waals surface area contributed by atoms with Crippen LogP contribution < -0.4 is 0 Å². The van der Waals surface area contributed by atoms with Crippen molar-refractivity contribution in [2.75, 3.05) is 6.54 Å². The molecule has 0 spiro atoms. The number of carbonyl (C=O) groups excluding carboxylic acids is 2. The summed E-state index contributed by atoms with van der Waals surface area (Å²) in [7, 11) is 0. The zero-order chi connectivity index (χ0) is 21.8. The van der Waals surface area contributed by atoms with Crippen LogP contribution in [0.4, 0.5) is 0 Å². The van der Waals surface area contributed by atoms with Crippen LogP contribution in [0, 0.1) is 0 Å². The van der Waals surface area contributed by atoms with Gasteiger partial charge in [0.2, 0.25) is 0 Å². The van der Waals surface area contributed by atoms with Crippen LogP contribution in [-0.4, -0.2) is 45.0 Å². The SMILES string of the molecule is CCN(C(=O)c1ccc(CCl)cc1)N(C(=O)c1ccccc1C(=O)O)C(C)(C)C. The number of carbonyl (C=O) groups is 3. The smallest absolute Gasteiger partial charge is 0.336 e. The molecule has 0 aromatic heterocycles. The maximum atomic E-state index is 13.4. The molecule has 29 heavy (non-hydrogen) atoms. The molecule has 0 atom stereocenters. The first-order chi connectivity index (χ1) is 13.6. The van der Waals surface area contributed by atoms with Crippen molar-refractivity contribution in [2.45, 2.75) is 39.1 Å². The highest BCUT2D eigenvalue weighted by molar-refractivity contribution is 6.17. The highest BCUT2D eigenvalue weighted by Gasteiger charge is 2.36. The maximum absolute atomic E-state index is 13.4. The first-order valence-corrected chi connectivity index (χ1v) is 9.78. The van der Waals surface area contributed by atoms with E-state index in [1.807, 2.05) is 0 Å². The Balaban J connectivity index is 2.51. The maximum Gasteiger partial charge on any atom is 0.336 e. The Kier molecular flexibility index (Phi) is 7.03. The minimum atomic E-state index is -1.20. The van der Waals surface area contributed by atoms with Gasteiger partial charge in [0.25, 0.3) is 11.8 Å². The average molecular weight is 417 g/mol. The largest absolute Gasteiger partial charge is 0.478 e. The molecule has 0 bridgehead atoms. The number of aromatic carboxylic acids is 1. The molecule has 0 fully saturated rings. The minimum Gasteiger partial charge on any atom is -0.478 e. The van der Waals surface area contributed by atoms with Gasteiger partial charge in [-0.2, -0.15) is 0 Å². The summed E-state index contributed by atoms with van der Waals surface area (Å²) >= 11 is 5.81. The monoisotopic (exact) mass is 416 g/mol. The third-order valence-corrected chi connectivity index (χ3v) is 4.65. The van der Waals surface area contributed by atoms with E-state index in [1.165, 1.54) is 22.2 Å². The Morgan fingerprint density at radius 1 is 0.931 bits per heavy atom. The molecule has 2 rings (SSSR count). The van der Waals surface area contributed by atoms with Gasteiger partial charge in [-0.3, -0.25) is 9.59 Å². The molecule has 0 radical (unpaired) electrons. The van der Waals surface area contributed by atoms with Gasteiger partial charge >= 0.3 is 5.97 Å². The summed E-state index contributed by atoms with van der Waals surface area (Å²) < 4.78 is 0. The molecule has 0 saturated heterocycles. The van der Waals surface area contributed by atoms with Crippen molar-refractivity contribution >= 4 is 29.4 Å². The summed E-state index contributed by atoms with van der Waals surface area (Å²) in [5.74, 6) is -1.77. The standard InChI is InChI=1S/C22H25ClN2O4/c1-5-24(19(26)16-12-10-15(14-23)11-13-16)25(22(2,3)4)20(27)17-8-6-7-9-18(17)21(28)29/h6-13H,5,14H2,1-4H3,(H,28,29). The molecular weight excluding hydrogens is 392 g/mol. The second-order valence-corrected chi connectivity index (χ2v) is 7.76. The number of nitrogens with zero attached hydrogens (tertiary/aromatic N) is 2. The predicted octanol–water partition coefficient (Wildman–Crippen LogP) is 4.44. The van der Waals surface area contributed by atoms with E-state index in [2.05, 4.69) is 0 Å². The molecule has 7 heteroatoms. The predicted molar refractivity (Wildman–Crippen MR) is 112 cm³/mol. The Morgan fingerprint density at radius 3 is 1.93 bits per heavy atom. The summed E-state index contributed by atoms with van der Waals surface area (Å²) in [4.78, 5) is 38.2. The number of carboxylic acids is 1. The van der Waals surface area contributed by atoms with E-state index in [0.29, 0.717) is 11.4 Å². The number of halogens is 1. The van der Waals surface area contributed by atoms with Crippen molar-refractivity contribution in [2.24, 2.45) is 0 Å². The van der Waals surface area contributed by atoms with Crippen LogP contribution in [0.3, 0.4) is 0 Å². The molecule has 154 valence electrons. The highest BCUT2D eigenvalue weighted by atomic mass is 35.5. The third-order valence-electron chi connectivity index (χ3n) is 4.35. The molecule has 2 aromatic rings. The lowest BCUT2D eigenvalue weighted by molar-refractivity contribution is -0.0411. The molecule has 0 heterocycles. The number of hydrogen-bond acceptors (Lipinski definition) is 3. The summed E-state index contributed by atoms with van der Waals surface area (Å²) in [6.07, 6.45) is 0. The van der Waals surface area contributed by atoms with Crippen molar-refractivity contribution in [1.82, 2.24) is 10.0 Å². The van der Waals surface area contributed by atoms with Crippen molar-refractivity contribution in [3.63, 3.8) is 0 Å². The van der Waals surface area contributed by atoms with Gasteiger partial charge in [-0.15, -0.1) is 11.6 Å². The van der Waals surface area contributed by atoms with Crippen molar-refractivity contribution in [1.29, 1.82) is 0 Å². The van der Waals surface area contributed by atoms with Gasteiger partial charge in [-0.05, 0) is 57.5 Å². The summed E-state index contributed by atoms with van der Waals surface area (Å²) in [5, 5.41) is 12.1. The van der Waals surface area contributed by atoms with E-state index in [9.17, 15) is 19.5 Å². The second-order valence-electron chi connectivity index (χ2n) is 7.49. The molecule has 2 amide bonds. The van der Waals surface area contributed by atoms with Crippen LogP contribution in [0.25, 0.3) is 0 Å². The van der Waals surface area contributed by atoms with E-state index >= 15 is 0 Å². The van der Waals surface area contributed by atoms with E-state index < -0.39 is 17.4 Å². The van der Waals surface area contributed by atoms with Gasteiger partial charge in [0.1, 0.15) is 0 Å². The van der Waals surface area contributed by atoms with Gasteiger partial charge in [0, 0.05) is 18.0 Å². The lowest BCUT2D eigenvalue weighted by Gasteiger charge is -2.43. The molecule has 0 aliphatic carbocycles. The number of carboxylic acid groups (broad SMARTS) is 1. The number of rotatable bonds is 5. The van der Waals surface area contributed by atoms with Gasteiger partial charge in [-0.1, -0.05) is 24.3 Å². The highest BCUT2D eigenvalue weighted by Crippen LogP contribution is 2.24. The second kappa shape index (κ2) is 9.09. The fourth-order valence-corrected chi connectivity index (χ4v) is 3.19. The quantitative estimate of drug-likeness (QED) is 0.577. The van der Waals surface area contributed by atoms with Crippen LogP contribution in [0.15, 0.2) is 48.5 Å². The van der Waals surface area contributed by atoms with E-state index in [4.69, 9.17) is 11.6 Å².